The van der Waals surface area contributed by atoms with E-state index in [1.807, 2.05) is 25.2 Å². The van der Waals surface area contributed by atoms with Crippen molar-refractivity contribution in [2.75, 3.05) is 0 Å². The number of benzene rings is 2. The summed E-state index contributed by atoms with van der Waals surface area (Å²) in [6, 6.07) is 15.1. The molecule has 3 heteroatoms. The lowest BCUT2D eigenvalue weighted by Crippen LogP contribution is -1.94. The summed E-state index contributed by atoms with van der Waals surface area (Å²) in [4.78, 5) is 0. The van der Waals surface area contributed by atoms with E-state index in [-0.39, 0.29) is 5.75 Å². The lowest BCUT2D eigenvalue weighted by atomic mass is 10.2. The number of nitrogens with zero attached hydrogens (tertiary/aromatic N) is 1. The molecule has 0 unspecified atom stereocenters. The molecule has 96 valence electrons. The summed E-state index contributed by atoms with van der Waals surface area (Å²) in [6.07, 6.45) is 2.08. The molecule has 0 spiro atoms. The lowest BCUT2D eigenvalue weighted by Gasteiger charge is -2.05. The second-order valence-corrected chi connectivity index (χ2v) is 4.57. The minimum absolute atomic E-state index is 0.218. The number of aryl methyl sites for hydroxylation is 1. The highest BCUT2D eigenvalue weighted by molar-refractivity contribution is 5.83. The number of aromatic nitrogens is 1. The third kappa shape index (κ3) is 2.27. The minimum Gasteiger partial charge on any atom is -0.508 e. The Kier molecular flexibility index (Phi) is 2.88. The normalized spacial score (nSPS) is 10.8. The van der Waals surface area contributed by atoms with Crippen LogP contribution in [0.3, 0.4) is 0 Å². The van der Waals surface area contributed by atoms with Gasteiger partial charge in [-0.3, -0.25) is 0 Å². The van der Waals surface area contributed by atoms with Crippen molar-refractivity contribution in [1.82, 2.24) is 4.57 Å². The Balaban J connectivity index is 1.86. The van der Waals surface area contributed by atoms with Crippen LogP contribution in [-0.2, 0) is 13.7 Å². The third-order valence-electron chi connectivity index (χ3n) is 3.19. The van der Waals surface area contributed by atoms with Gasteiger partial charge in [0, 0.05) is 35.8 Å². The lowest BCUT2D eigenvalue weighted by molar-refractivity contribution is 0.305. The van der Waals surface area contributed by atoms with E-state index >= 15 is 0 Å². The predicted octanol–water partition coefficient (Wildman–Crippen LogP) is 3.46. The first-order valence-corrected chi connectivity index (χ1v) is 6.19. The Morgan fingerprint density at radius 2 is 1.95 bits per heavy atom. The van der Waals surface area contributed by atoms with Gasteiger partial charge in [-0.1, -0.05) is 24.3 Å². The van der Waals surface area contributed by atoms with E-state index < -0.39 is 0 Å². The van der Waals surface area contributed by atoms with Crippen LogP contribution in [-0.4, -0.2) is 9.67 Å². The summed E-state index contributed by atoms with van der Waals surface area (Å²) in [5, 5.41) is 10.6. The average molecular weight is 253 g/mol. The van der Waals surface area contributed by atoms with Gasteiger partial charge in [0.15, 0.2) is 0 Å². The highest BCUT2D eigenvalue weighted by Gasteiger charge is 2.06. The summed E-state index contributed by atoms with van der Waals surface area (Å²) in [5.41, 5.74) is 2.33. The highest BCUT2D eigenvalue weighted by Crippen LogP contribution is 2.23. The average Bonchev–Trinajstić information content (AvgIpc) is 2.74. The van der Waals surface area contributed by atoms with Gasteiger partial charge in [-0.25, -0.2) is 0 Å². The molecular formula is C16H15NO2. The van der Waals surface area contributed by atoms with E-state index in [1.54, 1.807) is 18.2 Å². The van der Waals surface area contributed by atoms with Crippen molar-refractivity contribution in [3.63, 3.8) is 0 Å². The maximum absolute atomic E-state index is 9.40. The first-order valence-electron chi connectivity index (χ1n) is 6.19. The zero-order valence-corrected chi connectivity index (χ0v) is 10.7. The van der Waals surface area contributed by atoms with Crippen LogP contribution in [0.4, 0.5) is 0 Å². The Hall–Kier alpha value is -2.42. The van der Waals surface area contributed by atoms with Gasteiger partial charge in [0.1, 0.15) is 18.1 Å². The predicted molar refractivity (Wildman–Crippen MR) is 75.4 cm³/mol. The summed E-state index contributed by atoms with van der Waals surface area (Å²) < 4.78 is 7.81. The Labute approximate surface area is 111 Å². The fraction of sp³-hybridized carbons (Fsp3) is 0.125. The van der Waals surface area contributed by atoms with Gasteiger partial charge in [-0.2, -0.15) is 0 Å². The van der Waals surface area contributed by atoms with Crippen LogP contribution < -0.4 is 4.74 Å². The molecule has 1 N–H and O–H groups in total. The highest BCUT2D eigenvalue weighted by atomic mass is 16.5. The van der Waals surface area contributed by atoms with E-state index in [1.165, 1.54) is 10.9 Å². The number of phenols is 1. The number of ether oxygens (including phenoxy) is 1. The molecule has 0 saturated heterocycles. The summed E-state index contributed by atoms with van der Waals surface area (Å²) >= 11 is 0. The molecule has 0 amide bonds. The van der Waals surface area contributed by atoms with Gasteiger partial charge < -0.3 is 14.4 Å². The van der Waals surface area contributed by atoms with Crippen LogP contribution in [0.15, 0.2) is 54.7 Å². The van der Waals surface area contributed by atoms with Crippen molar-refractivity contribution in [3.8, 4) is 11.5 Å². The molecule has 0 saturated carbocycles. The van der Waals surface area contributed by atoms with Crippen LogP contribution in [0.25, 0.3) is 10.9 Å². The van der Waals surface area contributed by atoms with Crippen LogP contribution >= 0.6 is 0 Å². The number of hydrogen-bond donors (Lipinski definition) is 1. The van der Waals surface area contributed by atoms with Crippen molar-refractivity contribution in [2.24, 2.45) is 7.05 Å². The zero-order chi connectivity index (χ0) is 13.2. The van der Waals surface area contributed by atoms with Crippen LogP contribution in [0.2, 0.25) is 0 Å². The smallest absolute Gasteiger partial charge is 0.123 e. The minimum atomic E-state index is 0.218. The van der Waals surface area contributed by atoms with E-state index in [0.29, 0.717) is 12.4 Å². The van der Waals surface area contributed by atoms with Gasteiger partial charge in [0.05, 0.1) is 0 Å². The standard InChI is InChI=1S/C16H15NO2/c1-17-10-12(15-7-2-3-8-16(15)17)11-19-14-6-4-5-13(18)9-14/h2-10,18H,11H2,1H3. The summed E-state index contributed by atoms with van der Waals surface area (Å²) in [6.45, 7) is 0.491. The van der Waals surface area contributed by atoms with Crippen molar-refractivity contribution in [3.05, 3.63) is 60.3 Å². The fourth-order valence-corrected chi connectivity index (χ4v) is 2.27. The fourth-order valence-electron chi connectivity index (χ4n) is 2.27. The van der Waals surface area contributed by atoms with E-state index in [9.17, 15) is 5.11 Å². The Morgan fingerprint density at radius 1 is 1.11 bits per heavy atom. The number of para-hydroxylation sites is 1. The van der Waals surface area contributed by atoms with Gasteiger partial charge in [0.25, 0.3) is 0 Å². The molecule has 0 aliphatic carbocycles. The van der Waals surface area contributed by atoms with Gasteiger partial charge >= 0.3 is 0 Å². The van der Waals surface area contributed by atoms with Crippen LogP contribution in [0.5, 0.6) is 11.5 Å². The molecule has 2 aromatic carbocycles. The number of rotatable bonds is 3. The summed E-state index contributed by atoms with van der Waals surface area (Å²) in [7, 11) is 2.03. The van der Waals surface area contributed by atoms with Gasteiger partial charge in [0.2, 0.25) is 0 Å². The van der Waals surface area contributed by atoms with E-state index in [4.69, 9.17) is 4.74 Å². The first-order chi connectivity index (χ1) is 9.24. The molecule has 0 atom stereocenters. The molecule has 3 rings (SSSR count). The molecule has 3 nitrogen and oxygen atoms in total. The second-order valence-electron chi connectivity index (χ2n) is 4.57. The van der Waals surface area contributed by atoms with E-state index in [0.717, 1.165) is 5.56 Å². The quantitative estimate of drug-likeness (QED) is 0.775. The van der Waals surface area contributed by atoms with Crippen molar-refractivity contribution >= 4 is 10.9 Å². The van der Waals surface area contributed by atoms with Crippen molar-refractivity contribution < 1.29 is 9.84 Å². The molecule has 0 aliphatic rings. The Morgan fingerprint density at radius 3 is 2.79 bits per heavy atom. The van der Waals surface area contributed by atoms with Gasteiger partial charge in [-0.15, -0.1) is 0 Å². The molecule has 0 bridgehead atoms. The number of fused-ring (bicyclic) bond motifs is 1. The molecule has 1 aromatic heterocycles. The van der Waals surface area contributed by atoms with Gasteiger partial charge in [-0.05, 0) is 18.2 Å². The molecular weight excluding hydrogens is 238 g/mol. The second kappa shape index (κ2) is 4.69. The SMILES string of the molecule is Cn1cc(COc2cccc(O)c2)c2ccccc21. The molecule has 19 heavy (non-hydrogen) atoms. The largest absolute Gasteiger partial charge is 0.508 e. The van der Waals surface area contributed by atoms with E-state index in [2.05, 4.69) is 22.9 Å². The first kappa shape index (κ1) is 11.7. The Bertz CT molecular complexity index is 716. The molecule has 0 radical (unpaired) electrons. The molecule has 3 aromatic rings. The molecule has 0 fully saturated rings. The number of aromatic hydroxyl groups is 1. The number of phenolic OH excluding ortho intramolecular Hbond substituents is 1. The van der Waals surface area contributed by atoms with Crippen molar-refractivity contribution in [2.45, 2.75) is 6.61 Å². The number of hydrogen-bond acceptors (Lipinski definition) is 2. The maximum atomic E-state index is 9.40. The van der Waals surface area contributed by atoms with Crippen LogP contribution in [0, 0.1) is 0 Å². The van der Waals surface area contributed by atoms with Crippen molar-refractivity contribution in [1.29, 1.82) is 0 Å². The van der Waals surface area contributed by atoms with Crippen LogP contribution in [0.1, 0.15) is 5.56 Å². The summed E-state index contributed by atoms with van der Waals surface area (Å²) in [5.74, 6) is 0.892. The zero-order valence-electron chi connectivity index (χ0n) is 10.7. The monoisotopic (exact) mass is 253 g/mol. The molecule has 1 heterocycles. The maximum Gasteiger partial charge on any atom is 0.123 e. The topological polar surface area (TPSA) is 34.4 Å². The third-order valence-corrected chi connectivity index (χ3v) is 3.19. The molecule has 0 aliphatic heterocycles.